The third-order valence-electron chi connectivity index (χ3n) is 3.23. The molecule has 0 bridgehead atoms. The molecule has 3 N–H and O–H groups in total. The molecule has 0 saturated carbocycles. The van der Waals surface area contributed by atoms with Gasteiger partial charge in [0.15, 0.2) is 0 Å². The van der Waals surface area contributed by atoms with Crippen LogP contribution in [0.1, 0.15) is 10.4 Å². The Bertz CT molecular complexity index is 766. The van der Waals surface area contributed by atoms with Crippen LogP contribution in [0.25, 0.3) is 10.8 Å². The minimum atomic E-state index is -0.132. The Morgan fingerprint density at radius 2 is 1.45 bits per heavy atom. The molecule has 0 saturated heterocycles. The van der Waals surface area contributed by atoms with Gasteiger partial charge in [-0.3, -0.25) is 4.79 Å². The summed E-state index contributed by atoms with van der Waals surface area (Å²) in [4.78, 5) is 12.4. The van der Waals surface area contributed by atoms with Crippen LogP contribution in [0, 0.1) is 0 Å². The van der Waals surface area contributed by atoms with Crippen molar-refractivity contribution < 1.29 is 4.79 Å². The van der Waals surface area contributed by atoms with Gasteiger partial charge in [0.05, 0.1) is 0 Å². The normalized spacial score (nSPS) is 10.4. The average Bonchev–Trinajstić information content (AvgIpc) is 2.49. The van der Waals surface area contributed by atoms with Crippen molar-refractivity contribution in [1.29, 1.82) is 0 Å². The molecule has 0 aliphatic rings. The molecule has 1 amide bonds. The minimum absolute atomic E-state index is 0.132. The Morgan fingerprint density at radius 1 is 0.800 bits per heavy atom. The van der Waals surface area contributed by atoms with Gasteiger partial charge >= 0.3 is 0 Å². The maximum Gasteiger partial charge on any atom is 0.256 e. The second-order valence-electron chi connectivity index (χ2n) is 4.57. The number of nitrogens with two attached hydrogens (primary N) is 1. The number of carbonyl (C=O) groups excluding carboxylic acids is 1. The predicted molar refractivity (Wildman–Crippen MR) is 82.8 cm³/mol. The fraction of sp³-hybridized carbons (Fsp3) is 0. The van der Waals surface area contributed by atoms with E-state index in [2.05, 4.69) is 5.32 Å². The Balaban J connectivity index is 2.02. The van der Waals surface area contributed by atoms with Gasteiger partial charge in [0.25, 0.3) is 5.91 Å². The van der Waals surface area contributed by atoms with E-state index < -0.39 is 0 Å². The molecule has 0 aliphatic heterocycles. The van der Waals surface area contributed by atoms with Gasteiger partial charge in [0.2, 0.25) is 0 Å². The van der Waals surface area contributed by atoms with Crippen molar-refractivity contribution in [1.82, 2.24) is 0 Å². The average molecular weight is 262 g/mol. The largest absolute Gasteiger partial charge is 0.398 e. The molecule has 3 nitrogen and oxygen atoms in total. The molecule has 0 atom stereocenters. The van der Waals surface area contributed by atoms with Crippen molar-refractivity contribution in [3.63, 3.8) is 0 Å². The van der Waals surface area contributed by atoms with E-state index in [4.69, 9.17) is 5.73 Å². The number of carbonyl (C=O) groups is 1. The number of fused-ring (bicyclic) bond motifs is 1. The number of para-hydroxylation sites is 1. The Labute approximate surface area is 117 Å². The maximum atomic E-state index is 12.4. The first kappa shape index (κ1) is 12.2. The first-order chi connectivity index (χ1) is 9.75. The van der Waals surface area contributed by atoms with Crippen molar-refractivity contribution >= 4 is 28.1 Å². The highest BCUT2D eigenvalue weighted by atomic mass is 16.1. The smallest absolute Gasteiger partial charge is 0.256 e. The summed E-state index contributed by atoms with van der Waals surface area (Å²) >= 11 is 0. The van der Waals surface area contributed by atoms with E-state index in [1.165, 1.54) is 0 Å². The van der Waals surface area contributed by atoms with Crippen molar-refractivity contribution in [3.8, 4) is 0 Å². The van der Waals surface area contributed by atoms with Gasteiger partial charge in [-0.2, -0.15) is 0 Å². The Kier molecular flexibility index (Phi) is 3.09. The lowest BCUT2D eigenvalue weighted by Gasteiger charge is -2.09. The van der Waals surface area contributed by atoms with Crippen LogP contribution in [0.2, 0.25) is 0 Å². The second kappa shape index (κ2) is 5.05. The molecule has 20 heavy (non-hydrogen) atoms. The third kappa shape index (κ3) is 2.21. The van der Waals surface area contributed by atoms with Crippen molar-refractivity contribution in [2.24, 2.45) is 0 Å². The molecule has 98 valence electrons. The van der Waals surface area contributed by atoms with Crippen molar-refractivity contribution in [2.75, 3.05) is 11.1 Å². The fourth-order valence-electron chi connectivity index (χ4n) is 2.24. The molecular weight excluding hydrogens is 248 g/mol. The molecule has 0 unspecified atom stereocenters. The van der Waals surface area contributed by atoms with Gasteiger partial charge in [-0.05, 0) is 29.7 Å². The summed E-state index contributed by atoms with van der Waals surface area (Å²) in [6.45, 7) is 0. The summed E-state index contributed by atoms with van der Waals surface area (Å²) in [6, 6.07) is 20.6. The van der Waals surface area contributed by atoms with Gasteiger partial charge < -0.3 is 11.1 Å². The quantitative estimate of drug-likeness (QED) is 0.692. The Hall–Kier alpha value is -2.81. The molecule has 3 rings (SSSR count). The molecule has 3 aromatic rings. The fourth-order valence-corrected chi connectivity index (χ4v) is 2.24. The molecule has 0 heterocycles. The number of hydrogen-bond donors (Lipinski definition) is 2. The summed E-state index contributed by atoms with van der Waals surface area (Å²) in [6.07, 6.45) is 0. The van der Waals surface area contributed by atoms with E-state index in [0.717, 1.165) is 16.5 Å². The highest BCUT2D eigenvalue weighted by Gasteiger charge is 2.11. The molecule has 3 heteroatoms. The van der Waals surface area contributed by atoms with E-state index in [-0.39, 0.29) is 5.91 Å². The zero-order valence-corrected chi connectivity index (χ0v) is 10.8. The van der Waals surface area contributed by atoms with E-state index >= 15 is 0 Å². The molecule has 0 aliphatic carbocycles. The standard InChI is InChI=1S/C17H14N2O/c18-16-11-10-15(13-8-4-5-9-14(13)16)17(20)19-12-6-2-1-3-7-12/h1-11H,18H2,(H,19,20). The van der Waals surface area contributed by atoms with Gasteiger partial charge in [0.1, 0.15) is 0 Å². The van der Waals surface area contributed by atoms with E-state index in [1.807, 2.05) is 54.6 Å². The summed E-state index contributed by atoms with van der Waals surface area (Å²) in [7, 11) is 0. The molecule has 0 aromatic heterocycles. The Morgan fingerprint density at radius 3 is 2.20 bits per heavy atom. The van der Waals surface area contributed by atoms with Crippen LogP contribution in [-0.4, -0.2) is 5.91 Å². The summed E-state index contributed by atoms with van der Waals surface area (Å²) in [5, 5.41) is 4.65. The lowest BCUT2D eigenvalue weighted by molar-refractivity contribution is 0.102. The minimum Gasteiger partial charge on any atom is -0.398 e. The predicted octanol–water partition coefficient (Wildman–Crippen LogP) is 3.67. The topological polar surface area (TPSA) is 55.1 Å². The lowest BCUT2D eigenvalue weighted by atomic mass is 10.0. The van der Waals surface area contributed by atoms with E-state index in [1.54, 1.807) is 12.1 Å². The highest BCUT2D eigenvalue weighted by Crippen LogP contribution is 2.25. The molecule has 3 aromatic carbocycles. The molecule has 0 radical (unpaired) electrons. The zero-order chi connectivity index (χ0) is 13.9. The van der Waals surface area contributed by atoms with Crippen LogP contribution in [0.3, 0.4) is 0 Å². The van der Waals surface area contributed by atoms with Gasteiger partial charge in [0, 0.05) is 22.3 Å². The number of nitrogen functional groups attached to an aromatic ring is 1. The number of hydrogen-bond acceptors (Lipinski definition) is 2. The third-order valence-corrected chi connectivity index (χ3v) is 3.23. The van der Waals surface area contributed by atoms with Gasteiger partial charge in [-0.15, -0.1) is 0 Å². The van der Waals surface area contributed by atoms with E-state index in [0.29, 0.717) is 11.3 Å². The van der Waals surface area contributed by atoms with Crippen LogP contribution < -0.4 is 11.1 Å². The summed E-state index contributed by atoms with van der Waals surface area (Å²) in [5.41, 5.74) is 8.02. The molecule has 0 fully saturated rings. The maximum absolute atomic E-state index is 12.4. The van der Waals surface area contributed by atoms with Crippen molar-refractivity contribution in [2.45, 2.75) is 0 Å². The lowest BCUT2D eigenvalue weighted by Crippen LogP contribution is -2.12. The van der Waals surface area contributed by atoms with Crippen molar-refractivity contribution in [3.05, 3.63) is 72.3 Å². The number of anilines is 2. The van der Waals surface area contributed by atoms with Crippen LogP contribution in [0.15, 0.2) is 66.7 Å². The number of nitrogens with one attached hydrogen (secondary N) is 1. The number of rotatable bonds is 2. The summed E-state index contributed by atoms with van der Waals surface area (Å²) < 4.78 is 0. The zero-order valence-electron chi connectivity index (χ0n) is 10.8. The van der Waals surface area contributed by atoms with Crippen LogP contribution in [0.4, 0.5) is 11.4 Å². The van der Waals surface area contributed by atoms with Crippen LogP contribution >= 0.6 is 0 Å². The SMILES string of the molecule is Nc1ccc(C(=O)Nc2ccccc2)c2ccccc12. The van der Waals surface area contributed by atoms with Crippen LogP contribution in [0.5, 0.6) is 0 Å². The molecule has 0 spiro atoms. The highest BCUT2D eigenvalue weighted by molar-refractivity contribution is 6.14. The number of benzene rings is 3. The first-order valence-corrected chi connectivity index (χ1v) is 6.39. The van der Waals surface area contributed by atoms with Crippen LogP contribution in [-0.2, 0) is 0 Å². The summed E-state index contributed by atoms with van der Waals surface area (Å²) in [5.74, 6) is -0.132. The second-order valence-corrected chi connectivity index (χ2v) is 4.57. The number of amides is 1. The van der Waals surface area contributed by atoms with E-state index in [9.17, 15) is 4.79 Å². The van der Waals surface area contributed by atoms with Gasteiger partial charge in [-0.25, -0.2) is 0 Å². The monoisotopic (exact) mass is 262 g/mol. The molecular formula is C17H14N2O. The van der Waals surface area contributed by atoms with Gasteiger partial charge in [-0.1, -0.05) is 42.5 Å². The first-order valence-electron chi connectivity index (χ1n) is 6.39.